The SMILES string of the molecule is COc1cc(NC(=O)Nc2cccc(CNC(=O)OC(CN(CC3CC3)C3CC3)c3ccccc3)c2)ccc1-c1cnco1.O=C(O)C(F)(F)F. The number of carboxylic acid groups (broad SMARTS) is 1. The number of aliphatic carboxylic acids is 1. The molecule has 3 aromatic carbocycles. The number of hydrogen-bond acceptors (Lipinski definition) is 8. The number of nitrogens with one attached hydrogen (secondary N) is 3. The van der Waals surface area contributed by atoms with E-state index in [-0.39, 0.29) is 12.6 Å². The van der Waals surface area contributed by atoms with Crippen LogP contribution in [0.5, 0.6) is 5.75 Å². The van der Waals surface area contributed by atoms with Gasteiger partial charge in [-0.3, -0.25) is 4.90 Å². The second-order valence-electron chi connectivity index (χ2n) is 12.1. The maximum absolute atomic E-state index is 13.0. The third-order valence-electron chi connectivity index (χ3n) is 8.10. The highest BCUT2D eigenvalue weighted by Crippen LogP contribution is 2.36. The van der Waals surface area contributed by atoms with Crippen LogP contribution in [0.1, 0.15) is 42.9 Å². The van der Waals surface area contributed by atoms with Crippen molar-refractivity contribution in [1.29, 1.82) is 0 Å². The minimum absolute atomic E-state index is 0.256. The van der Waals surface area contributed by atoms with E-state index in [1.165, 1.54) is 32.1 Å². The van der Waals surface area contributed by atoms with Crippen LogP contribution in [0.3, 0.4) is 0 Å². The lowest BCUT2D eigenvalue weighted by Gasteiger charge is -2.28. The zero-order chi connectivity index (χ0) is 36.4. The van der Waals surface area contributed by atoms with Crippen molar-refractivity contribution in [1.82, 2.24) is 15.2 Å². The van der Waals surface area contributed by atoms with Crippen molar-refractivity contribution < 1.29 is 46.6 Å². The number of methoxy groups -OCH3 is 1. The van der Waals surface area contributed by atoms with Crippen molar-refractivity contribution in [2.75, 3.05) is 30.8 Å². The number of ether oxygens (including phenoxy) is 2. The fraction of sp³-hybridized carbons (Fsp3) is 0.333. The van der Waals surface area contributed by atoms with Crippen molar-refractivity contribution in [2.45, 2.75) is 50.6 Å². The van der Waals surface area contributed by atoms with Gasteiger partial charge in [-0.15, -0.1) is 0 Å². The number of carboxylic acids is 1. The number of oxazole rings is 1. The number of nitrogens with zero attached hydrogens (tertiary/aromatic N) is 2. The molecular weight excluding hydrogens is 671 g/mol. The summed E-state index contributed by atoms with van der Waals surface area (Å²) in [5.74, 6) is -0.876. The Kier molecular flexibility index (Phi) is 12.2. The summed E-state index contributed by atoms with van der Waals surface area (Å²) in [6.45, 7) is 2.03. The molecule has 0 spiro atoms. The Labute approximate surface area is 291 Å². The summed E-state index contributed by atoms with van der Waals surface area (Å²) in [6, 6.07) is 22.7. The van der Waals surface area contributed by atoms with E-state index in [0.29, 0.717) is 35.5 Å². The first-order chi connectivity index (χ1) is 24.5. The predicted molar refractivity (Wildman–Crippen MR) is 181 cm³/mol. The monoisotopic (exact) mass is 709 g/mol. The normalized spacial score (nSPS) is 14.5. The number of carbonyl (C=O) groups is 3. The predicted octanol–water partition coefficient (Wildman–Crippen LogP) is 7.47. The molecule has 51 heavy (non-hydrogen) atoms. The van der Waals surface area contributed by atoms with Gasteiger partial charge in [-0.05, 0) is 67.0 Å². The first kappa shape index (κ1) is 36.7. The van der Waals surface area contributed by atoms with Crippen molar-refractivity contribution in [3.05, 3.63) is 96.5 Å². The number of rotatable bonds is 13. The molecule has 270 valence electrons. The highest BCUT2D eigenvalue weighted by molar-refractivity contribution is 6.00. The standard InChI is InChI=1S/C34H37N5O5.C2HF3O2/c1-42-30-17-27(12-15-29(30)31-19-35-22-43-31)38-33(40)37-26-9-5-6-24(16-26)18-36-34(41)44-32(25-7-3-2-4-8-25)21-39(28-13-14-28)20-23-10-11-23;3-2(4,5)1(6)7/h2-9,12,15-17,19,22-23,28,32H,10-11,13-14,18,20-21H2,1H3,(H,36,41)(H2,37,38,40);(H,6,7). The maximum atomic E-state index is 13.0. The lowest BCUT2D eigenvalue weighted by Crippen LogP contribution is -2.36. The largest absolute Gasteiger partial charge is 0.496 e. The summed E-state index contributed by atoms with van der Waals surface area (Å²) in [6.07, 6.45) is 2.06. The summed E-state index contributed by atoms with van der Waals surface area (Å²) < 4.78 is 48.5. The molecule has 4 N–H and O–H groups in total. The molecule has 1 unspecified atom stereocenters. The van der Waals surface area contributed by atoms with Gasteiger partial charge in [0, 0.05) is 43.1 Å². The first-order valence-electron chi connectivity index (χ1n) is 16.3. The number of hydrogen-bond donors (Lipinski definition) is 4. The van der Waals surface area contributed by atoms with E-state index in [0.717, 1.165) is 29.2 Å². The van der Waals surface area contributed by atoms with Crippen LogP contribution in [0, 0.1) is 5.92 Å². The second-order valence-corrected chi connectivity index (χ2v) is 12.1. The fourth-order valence-corrected chi connectivity index (χ4v) is 5.25. The van der Waals surface area contributed by atoms with E-state index in [2.05, 4.69) is 25.8 Å². The molecule has 1 atom stereocenters. The van der Waals surface area contributed by atoms with E-state index in [1.54, 1.807) is 37.6 Å². The maximum Gasteiger partial charge on any atom is 0.490 e. The lowest BCUT2D eigenvalue weighted by molar-refractivity contribution is -0.192. The van der Waals surface area contributed by atoms with Crippen LogP contribution in [0.2, 0.25) is 0 Å². The Hall–Kier alpha value is -5.57. The van der Waals surface area contributed by atoms with Crippen LogP contribution in [0.4, 0.5) is 34.1 Å². The molecule has 4 aromatic rings. The van der Waals surface area contributed by atoms with E-state index in [1.807, 2.05) is 48.5 Å². The Bertz CT molecular complexity index is 1760. The quantitative estimate of drug-likeness (QED) is 0.111. The van der Waals surface area contributed by atoms with Gasteiger partial charge >= 0.3 is 24.3 Å². The summed E-state index contributed by atoms with van der Waals surface area (Å²) >= 11 is 0. The number of urea groups is 1. The van der Waals surface area contributed by atoms with Crippen molar-refractivity contribution in [3.63, 3.8) is 0 Å². The van der Waals surface area contributed by atoms with Gasteiger partial charge in [0.2, 0.25) is 0 Å². The highest BCUT2D eigenvalue weighted by Gasteiger charge is 2.38. The molecule has 0 aliphatic heterocycles. The molecule has 6 rings (SSSR count). The Morgan fingerprint density at radius 2 is 1.69 bits per heavy atom. The number of alkyl halides is 3. The molecule has 2 saturated carbocycles. The van der Waals surface area contributed by atoms with Gasteiger partial charge in [0.1, 0.15) is 11.9 Å². The summed E-state index contributed by atoms with van der Waals surface area (Å²) in [7, 11) is 1.55. The first-order valence-corrected chi connectivity index (χ1v) is 16.3. The molecule has 2 fully saturated rings. The smallest absolute Gasteiger partial charge is 0.490 e. The van der Waals surface area contributed by atoms with E-state index >= 15 is 0 Å². The van der Waals surface area contributed by atoms with E-state index in [9.17, 15) is 22.8 Å². The topological polar surface area (TPSA) is 155 Å². The highest BCUT2D eigenvalue weighted by atomic mass is 19.4. The van der Waals surface area contributed by atoms with Crippen LogP contribution in [0.15, 0.2) is 89.8 Å². The number of carbonyl (C=O) groups excluding carboxylic acids is 2. The molecule has 0 saturated heterocycles. The molecule has 2 aliphatic rings. The van der Waals surface area contributed by atoms with E-state index in [4.69, 9.17) is 23.8 Å². The summed E-state index contributed by atoms with van der Waals surface area (Å²) in [5, 5.41) is 15.7. The van der Waals surface area contributed by atoms with Crippen molar-refractivity contribution >= 4 is 29.5 Å². The molecule has 15 heteroatoms. The van der Waals surface area contributed by atoms with Gasteiger partial charge in [-0.2, -0.15) is 13.2 Å². The minimum Gasteiger partial charge on any atom is -0.496 e. The molecule has 12 nitrogen and oxygen atoms in total. The lowest BCUT2D eigenvalue weighted by atomic mass is 10.1. The van der Waals surface area contributed by atoms with Gasteiger partial charge < -0.3 is 34.9 Å². The summed E-state index contributed by atoms with van der Waals surface area (Å²) in [4.78, 5) is 41.1. The summed E-state index contributed by atoms with van der Waals surface area (Å²) in [5.41, 5.74) is 3.67. The molecule has 0 bridgehead atoms. The van der Waals surface area contributed by atoms with Gasteiger partial charge in [0.15, 0.2) is 12.2 Å². The number of anilines is 2. The number of aromatic nitrogens is 1. The molecule has 2 aliphatic carbocycles. The zero-order valence-corrected chi connectivity index (χ0v) is 27.7. The third kappa shape index (κ3) is 11.5. The van der Waals surface area contributed by atoms with Gasteiger partial charge in [-0.1, -0.05) is 42.5 Å². The van der Waals surface area contributed by atoms with Crippen LogP contribution in [0.25, 0.3) is 11.3 Å². The van der Waals surface area contributed by atoms with Crippen LogP contribution < -0.4 is 20.7 Å². The van der Waals surface area contributed by atoms with Crippen LogP contribution in [-0.2, 0) is 16.1 Å². The number of halogens is 3. The van der Waals surface area contributed by atoms with Crippen LogP contribution >= 0.6 is 0 Å². The number of benzene rings is 3. The second kappa shape index (κ2) is 16.9. The fourth-order valence-electron chi connectivity index (χ4n) is 5.25. The molecule has 0 radical (unpaired) electrons. The number of amides is 3. The van der Waals surface area contributed by atoms with Crippen molar-refractivity contribution in [3.8, 4) is 17.1 Å². The average Bonchev–Trinajstić information content (AvgIpc) is 4.05. The van der Waals surface area contributed by atoms with Gasteiger partial charge in [0.05, 0.1) is 18.9 Å². The molecule has 1 heterocycles. The van der Waals surface area contributed by atoms with Crippen LogP contribution in [-0.4, -0.2) is 65.5 Å². The van der Waals surface area contributed by atoms with Gasteiger partial charge in [-0.25, -0.2) is 19.4 Å². The Morgan fingerprint density at radius 3 is 2.29 bits per heavy atom. The zero-order valence-electron chi connectivity index (χ0n) is 27.7. The molecular formula is C36H38F3N5O7. The number of alkyl carbamates (subject to hydrolysis) is 1. The molecule has 1 aromatic heterocycles. The minimum atomic E-state index is -5.08. The van der Waals surface area contributed by atoms with Crippen molar-refractivity contribution in [2.24, 2.45) is 5.92 Å². The Morgan fingerprint density at radius 1 is 0.980 bits per heavy atom. The van der Waals surface area contributed by atoms with E-state index < -0.39 is 24.3 Å². The average molecular weight is 710 g/mol. The third-order valence-corrected chi connectivity index (χ3v) is 8.10. The van der Waals surface area contributed by atoms with Gasteiger partial charge in [0.25, 0.3) is 0 Å². The molecule has 3 amide bonds. The Balaban J connectivity index is 0.000000654.